The van der Waals surface area contributed by atoms with E-state index in [1.807, 2.05) is 45.0 Å². The molecule has 20 heavy (non-hydrogen) atoms. The van der Waals surface area contributed by atoms with Crippen molar-refractivity contribution in [2.45, 2.75) is 20.8 Å². The predicted octanol–water partition coefficient (Wildman–Crippen LogP) is 3.80. The number of thiazole rings is 1. The third-order valence-electron chi connectivity index (χ3n) is 3.37. The van der Waals surface area contributed by atoms with Crippen molar-refractivity contribution in [3.8, 4) is 0 Å². The summed E-state index contributed by atoms with van der Waals surface area (Å²) in [4.78, 5) is 21.2. The summed E-state index contributed by atoms with van der Waals surface area (Å²) in [6.07, 6.45) is 0. The van der Waals surface area contributed by atoms with Gasteiger partial charge in [0.05, 0.1) is 11.3 Å². The molecule has 0 radical (unpaired) electrons. The Morgan fingerprint density at radius 2 is 2.00 bits per heavy atom. The second kappa shape index (κ2) is 4.76. The third kappa shape index (κ3) is 2.10. The Bertz CT molecular complexity index is 781. The van der Waals surface area contributed by atoms with E-state index in [1.54, 1.807) is 0 Å². The number of carbonyl (C=O) groups is 1. The Balaban J connectivity index is 1.98. The summed E-state index contributed by atoms with van der Waals surface area (Å²) in [5.41, 5.74) is 3.49. The van der Waals surface area contributed by atoms with E-state index in [0.717, 1.165) is 27.2 Å². The normalized spacial score (nSPS) is 10.9. The Morgan fingerprint density at radius 1 is 1.25 bits per heavy atom. The molecule has 0 aliphatic carbocycles. The van der Waals surface area contributed by atoms with Crippen LogP contribution in [-0.2, 0) is 0 Å². The second-order valence-electron chi connectivity index (χ2n) is 4.79. The topological polar surface area (TPSA) is 57.8 Å². The van der Waals surface area contributed by atoms with E-state index in [-0.39, 0.29) is 5.91 Å². The molecule has 0 bridgehead atoms. The summed E-state index contributed by atoms with van der Waals surface area (Å²) >= 11 is 1.50. The van der Waals surface area contributed by atoms with Gasteiger partial charge < -0.3 is 4.98 Å². The summed E-state index contributed by atoms with van der Waals surface area (Å²) in [7, 11) is 0. The summed E-state index contributed by atoms with van der Waals surface area (Å²) in [5, 5.41) is 4.47. The zero-order chi connectivity index (χ0) is 14.3. The fraction of sp³-hybridized carbons (Fsp3) is 0.200. The smallest absolute Gasteiger partial charge is 0.259 e. The van der Waals surface area contributed by atoms with Crippen LogP contribution in [0.2, 0.25) is 0 Å². The number of nitrogens with one attached hydrogen (secondary N) is 2. The number of aromatic nitrogens is 2. The van der Waals surface area contributed by atoms with Crippen molar-refractivity contribution in [3.63, 3.8) is 0 Å². The van der Waals surface area contributed by atoms with E-state index in [2.05, 4.69) is 15.3 Å². The largest absolute Gasteiger partial charge is 0.358 e. The van der Waals surface area contributed by atoms with Crippen LogP contribution in [-0.4, -0.2) is 15.9 Å². The summed E-state index contributed by atoms with van der Waals surface area (Å²) in [5.74, 6) is -0.117. The number of anilines is 1. The molecule has 3 aromatic rings. The van der Waals surface area contributed by atoms with Crippen LogP contribution in [0.15, 0.2) is 24.3 Å². The Labute approximate surface area is 120 Å². The van der Waals surface area contributed by atoms with Crippen LogP contribution in [0.5, 0.6) is 0 Å². The van der Waals surface area contributed by atoms with E-state index in [9.17, 15) is 4.79 Å². The number of fused-ring (bicyclic) bond motifs is 1. The van der Waals surface area contributed by atoms with Gasteiger partial charge in [-0.3, -0.25) is 10.1 Å². The van der Waals surface area contributed by atoms with Gasteiger partial charge in [-0.05, 0) is 26.8 Å². The Kier molecular flexibility index (Phi) is 3.06. The molecule has 3 rings (SSSR count). The van der Waals surface area contributed by atoms with Gasteiger partial charge >= 0.3 is 0 Å². The number of hydrogen-bond donors (Lipinski definition) is 2. The number of carbonyl (C=O) groups excluding carboxylic acids is 1. The minimum absolute atomic E-state index is 0.117. The van der Waals surface area contributed by atoms with Crippen LogP contribution in [0, 0.1) is 20.8 Å². The summed E-state index contributed by atoms with van der Waals surface area (Å²) in [6, 6.07) is 7.81. The van der Waals surface area contributed by atoms with Crippen LogP contribution < -0.4 is 5.32 Å². The highest BCUT2D eigenvalue weighted by atomic mass is 32.1. The molecule has 2 N–H and O–H groups in total. The molecule has 5 heteroatoms. The van der Waals surface area contributed by atoms with Crippen molar-refractivity contribution < 1.29 is 4.79 Å². The maximum absolute atomic E-state index is 12.5. The van der Waals surface area contributed by atoms with Gasteiger partial charge in [-0.25, -0.2) is 4.98 Å². The van der Waals surface area contributed by atoms with Gasteiger partial charge in [0.1, 0.15) is 0 Å². The molecular weight excluding hydrogens is 270 g/mol. The number of aryl methyl sites for hydroxylation is 3. The summed E-state index contributed by atoms with van der Waals surface area (Å²) in [6.45, 7) is 5.85. The molecule has 0 fully saturated rings. The van der Waals surface area contributed by atoms with E-state index in [4.69, 9.17) is 0 Å². The van der Waals surface area contributed by atoms with Crippen LogP contribution in [0.25, 0.3) is 10.9 Å². The zero-order valence-corrected chi connectivity index (χ0v) is 12.4. The SMILES string of the molecule is Cc1nc(NC(=O)c2c(C)[nH]c3ccccc23)sc1C. The highest BCUT2D eigenvalue weighted by Gasteiger charge is 2.17. The Hall–Kier alpha value is -2.14. The molecule has 2 aromatic heterocycles. The van der Waals surface area contributed by atoms with E-state index in [1.165, 1.54) is 11.3 Å². The zero-order valence-electron chi connectivity index (χ0n) is 11.6. The van der Waals surface area contributed by atoms with Crippen molar-refractivity contribution >= 4 is 33.3 Å². The first-order valence-corrected chi connectivity index (χ1v) is 7.20. The minimum Gasteiger partial charge on any atom is -0.358 e. The van der Waals surface area contributed by atoms with Crippen LogP contribution in [0.4, 0.5) is 5.13 Å². The lowest BCUT2D eigenvalue weighted by atomic mass is 10.1. The molecule has 0 spiro atoms. The fourth-order valence-electron chi connectivity index (χ4n) is 2.26. The highest BCUT2D eigenvalue weighted by Crippen LogP contribution is 2.25. The molecule has 0 saturated carbocycles. The lowest BCUT2D eigenvalue weighted by molar-refractivity contribution is 0.102. The number of nitrogens with zero attached hydrogens (tertiary/aromatic N) is 1. The van der Waals surface area contributed by atoms with Gasteiger partial charge in [0.25, 0.3) is 5.91 Å². The lowest BCUT2D eigenvalue weighted by Gasteiger charge is -2.01. The van der Waals surface area contributed by atoms with Crippen LogP contribution >= 0.6 is 11.3 Å². The van der Waals surface area contributed by atoms with Gasteiger partial charge in [0.15, 0.2) is 5.13 Å². The predicted molar refractivity (Wildman–Crippen MR) is 82.6 cm³/mol. The average Bonchev–Trinajstić information content (AvgIpc) is 2.88. The lowest BCUT2D eigenvalue weighted by Crippen LogP contribution is -2.12. The first-order valence-electron chi connectivity index (χ1n) is 6.39. The number of amides is 1. The number of para-hydroxylation sites is 1. The highest BCUT2D eigenvalue weighted by molar-refractivity contribution is 7.15. The standard InChI is InChI=1S/C15H15N3OS/c1-8-10(3)20-15(17-8)18-14(19)13-9(2)16-12-7-5-4-6-11(12)13/h4-7,16H,1-3H3,(H,17,18,19). The number of benzene rings is 1. The third-order valence-corrected chi connectivity index (χ3v) is 4.36. The van der Waals surface area contributed by atoms with Gasteiger partial charge in [-0.1, -0.05) is 18.2 Å². The molecule has 0 unspecified atom stereocenters. The van der Waals surface area contributed by atoms with Gasteiger partial charge in [-0.2, -0.15) is 0 Å². The monoisotopic (exact) mass is 285 g/mol. The van der Waals surface area contributed by atoms with Crippen molar-refractivity contribution in [2.24, 2.45) is 0 Å². The molecule has 1 amide bonds. The number of aromatic amines is 1. The minimum atomic E-state index is -0.117. The van der Waals surface area contributed by atoms with Gasteiger partial charge in [0.2, 0.25) is 0 Å². The quantitative estimate of drug-likeness (QED) is 0.752. The molecule has 1 aromatic carbocycles. The summed E-state index contributed by atoms with van der Waals surface area (Å²) < 4.78 is 0. The molecule has 102 valence electrons. The molecule has 0 aliphatic rings. The number of H-pyrrole nitrogens is 1. The first kappa shape index (κ1) is 12.9. The molecular formula is C15H15N3OS. The van der Waals surface area contributed by atoms with E-state index >= 15 is 0 Å². The van der Waals surface area contributed by atoms with Crippen molar-refractivity contribution in [1.82, 2.24) is 9.97 Å². The average molecular weight is 285 g/mol. The van der Waals surface area contributed by atoms with Crippen molar-refractivity contribution in [2.75, 3.05) is 5.32 Å². The van der Waals surface area contributed by atoms with E-state index < -0.39 is 0 Å². The van der Waals surface area contributed by atoms with E-state index in [0.29, 0.717) is 10.7 Å². The number of hydrogen-bond acceptors (Lipinski definition) is 3. The molecule has 4 nitrogen and oxygen atoms in total. The molecule has 0 aliphatic heterocycles. The van der Waals surface area contributed by atoms with Crippen LogP contribution in [0.1, 0.15) is 26.6 Å². The molecule has 0 atom stereocenters. The van der Waals surface area contributed by atoms with Crippen molar-refractivity contribution in [1.29, 1.82) is 0 Å². The van der Waals surface area contributed by atoms with Crippen LogP contribution in [0.3, 0.4) is 0 Å². The first-order chi connectivity index (χ1) is 9.56. The fourth-order valence-corrected chi connectivity index (χ4v) is 3.06. The second-order valence-corrected chi connectivity index (χ2v) is 5.99. The Morgan fingerprint density at radius 3 is 2.70 bits per heavy atom. The number of rotatable bonds is 2. The van der Waals surface area contributed by atoms with Crippen molar-refractivity contribution in [3.05, 3.63) is 46.1 Å². The van der Waals surface area contributed by atoms with Gasteiger partial charge in [-0.15, -0.1) is 11.3 Å². The molecule has 2 heterocycles. The maximum atomic E-state index is 12.5. The maximum Gasteiger partial charge on any atom is 0.259 e. The molecule has 0 saturated heterocycles. The van der Waals surface area contributed by atoms with Gasteiger partial charge in [0, 0.05) is 21.5 Å².